The van der Waals surface area contributed by atoms with Gasteiger partial charge in [0.15, 0.2) is 6.79 Å². The van der Waals surface area contributed by atoms with Crippen LogP contribution in [0.1, 0.15) is 12.5 Å². The molecular formula is C13H18BrNO4. The standard InChI is InChI=1S/C13H18BrNO4/c1-10(16)15-8-11-3-4-13(12(14)7-11)19-9-18-6-5-17-2/h3-4,7H,5-6,8-9H2,1-2H3,(H,15,16). The van der Waals surface area contributed by atoms with Crippen molar-refractivity contribution in [2.45, 2.75) is 13.5 Å². The maximum Gasteiger partial charge on any atom is 0.217 e. The van der Waals surface area contributed by atoms with Crippen LogP contribution in [-0.4, -0.2) is 33.0 Å². The fourth-order valence-corrected chi connectivity index (χ4v) is 1.84. The Bertz CT molecular complexity index is 412. The Morgan fingerprint density at radius 2 is 2.16 bits per heavy atom. The number of hydrogen-bond acceptors (Lipinski definition) is 4. The van der Waals surface area contributed by atoms with E-state index in [2.05, 4.69) is 21.2 Å². The van der Waals surface area contributed by atoms with E-state index in [1.54, 1.807) is 7.11 Å². The topological polar surface area (TPSA) is 56.8 Å². The summed E-state index contributed by atoms with van der Waals surface area (Å²) < 4.78 is 16.3. The average molecular weight is 332 g/mol. The number of ether oxygens (including phenoxy) is 3. The van der Waals surface area contributed by atoms with Crippen molar-refractivity contribution in [2.24, 2.45) is 0 Å². The minimum absolute atomic E-state index is 0.0528. The van der Waals surface area contributed by atoms with Crippen molar-refractivity contribution in [1.29, 1.82) is 0 Å². The summed E-state index contributed by atoms with van der Waals surface area (Å²) in [7, 11) is 1.62. The molecule has 1 N–H and O–H groups in total. The molecule has 0 aliphatic carbocycles. The van der Waals surface area contributed by atoms with E-state index in [-0.39, 0.29) is 12.7 Å². The lowest BCUT2D eigenvalue weighted by atomic mass is 10.2. The molecule has 0 saturated heterocycles. The van der Waals surface area contributed by atoms with Crippen molar-refractivity contribution in [1.82, 2.24) is 5.32 Å². The van der Waals surface area contributed by atoms with Gasteiger partial charge in [-0.05, 0) is 33.6 Å². The third-order valence-corrected chi connectivity index (χ3v) is 2.89. The number of amides is 1. The molecule has 1 rings (SSSR count). The molecule has 1 aromatic rings. The molecule has 0 bridgehead atoms. The van der Waals surface area contributed by atoms with Gasteiger partial charge in [0.2, 0.25) is 5.91 Å². The Hall–Kier alpha value is -1.11. The maximum atomic E-state index is 10.8. The smallest absolute Gasteiger partial charge is 0.217 e. The highest BCUT2D eigenvalue weighted by atomic mass is 79.9. The second-order valence-electron chi connectivity index (χ2n) is 3.84. The van der Waals surface area contributed by atoms with Crippen molar-refractivity contribution >= 4 is 21.8 Å². The van der Waals surface area contributed by atoms with Gasteiger partial charge in [-0.1, -0.05) is 6.07 Å². The summed E-state index contributed by atoms with van der Waals surface area (Å²) in [4.78, 5) is 10.8. The third-order valence-electron chi connectivity index (χ3n) is 2.27. The van der Waals surface area contributed by atoms with Gasteiger partial charge in [0.1, 0.15) is 5.75 Å². The fraction of sp³-hybridized carbons (Fsp3) is 0.462. The van der Waals surface area contributed by atoms with E-state index in [9.17, 15) is 4.79 Å². The van der Waals surface area contributed by atoms with Crippen LogP contribution in [0.25, 0.3) is 0 Å². The van der Waals surface area contributed by atoms with Gasteiger partial charge >= 0.3 is 0 Å². The minimum atomic E-state index is -0.0528. The number of halogens is 1. The number of benzene rings is 1. The summed E-state index contributed by atoms with van der Waals surface area (Å²) in [6.07, 6.45) is 0. The molecule has 1 aromatic carbocycles. The average Bonchev–Trinajstić information content (AvgIpc) is 2.38. The summed E-state index contributed by atoms with van der Waals surface area (Å²) in [5.74, 6) is 0.645. The molecule has 0 radical (unpaired) electrons. The largest absolute Gasteiger partial charge is 0.466 e. The SMILES string of the molecule is COCCOCOc1ccc(CNC(C)=O)cc1Br. The van der Waals surface area contributed by atoms with Crippen molar-refractivity contribution < 1.29 is 19.0 Å². The zero-order chi connectivity index (χ0) is 14.1. The minimum Gasteiger partial charge on any atom is -0.466 e. The summed E-state index contributed by atoms with van der Waals surface area (Å²) in [5, 5.41) is 2.74. The normalized spacial score (nSPS) is 10.3. The first-order valence-electron chi connectivity index (χ1n) is 5.86. The number of rotatable bonds is 8. The first-order valence-corrected chi connectivity index (χ1v) is 6.65. The molecule has 0 spiro atoms. The van der Waals surface area contributed by atoms with E-state index in [0.29, 0.717) is 25.5 Å². The predicted molar refractivity (Wildman–Crippen MR) is 75.0 cm³/mol. The fourth-order valence-electron chi connectivity index (χ4n) is 1.30. The molecule has 1 amide bonds. The Morgan fingerprint density at radius 3 is 2.79 bits per heavy atom. The lowest BCUT2D eigenvalue weighted by molar-refractivity contribution is -0.119. The van der Waals surface area contributed by atoms with Crippen LogP contribution in [0.5, 0.6) is 5.75 Å². The van der Waals surface area contributed by atoms with Gasteiger partial charge < -0.3 is 19.5 Å². The van der Waals surface area contributed by atoms with E-state index in [4.69, 9.17) is 14.2 Å². The van der Waals surface area contributed by atoms with Crippen LogP contribution >= 0.6 is 15.9 Å². The molecule has 0 aliphatic rings. The van der Waals surface area contributed by atoms with E-state index in [1.165, 1.54) is 6.92 Å². The van der Waals surface area contributed by atoms with Gasteiger partial charge in [0, 0.05) is 20.6 Å². The second-order valence-corrected chi connectivity index (χ2v) is 4.69. The van der Waals surface area contributed by atoms with Gasteiger partial charge in [-0.15, -0.1) is 0 Å². The van der Waals surface area contributed by atoms with Crippen LogP contribution in [0, 0.1) is 0 Å². The molecule has 5 nitrogen and oxygen atoms in total. The van der Waals surface area contributed by atoms with E-state index < -0.39 is 0 Å². The van der Waals surface area contributed by atoms with Crippen LogP contribution < -0.4 is 10.1 Å². The molecule has 0 heterocycles. The third kappa shape index (κ3) is 6.56. The number of methoxy groups -OCH3 is 1. The van der Waals surface area contributed by atoms with Crippen molar-refractivity contribution in [3.8, 4) is 5.75 Å². The molecule has 106 valence electrons. The van der Waals surface area contributed by atoms with Crippen LogP contribution in [-0.2, 0) is 20.8 Å². The van der Waals surface area contributed by atoms with E-state index in [1.807, 2.05) is 18.2 Å². The monoisotopic (exact) mass is 331 g/mol. The summed E-state index contributed by atoms with van der Waals surface area (Å²) in [6, 6.07) is 5.63. The highest BCUT2D eigenvalue weighted by Crippen LogP contribution is 2.26. The maximum absolute atomic E-state index is 10.8. The van der Waals surface area contributed by atoms with Crippen LogP contribution in [0.15, 0.2) is 22.7 Å². The number of carbonyl (C=O) groups excluding carboxylic acids is 1. The quantitative estimate of drug-likeness (QED) is 0.585. The lowest BCUT2D eigenvalue weighted by Gasteiger charge is -2.10. The summed E-state index contributed by atoms with van der Waals surface area (Å²) in [6.45, 7) is 3.20. The van der Waals surface area contributed by atoms with Gasteiger partial charge in [-0.25, -0.2) is 0 Å². The van der Waals surface area contributed by atoms with E-state index >= 15 is 0 Å². The Labute approximate surface area is 121 Å². The van der Waals surface area contributed by atoms with Crippen molar-refractivity contribution in [3.05, 3.63) is 28.2 Å². The van der Waals surface area contributed by atoms with Crippen LogP contribution in [0.2, 0.25) is 0 Å². The van der Waals surface area contributed by atoms with Gasteiger partial charge in [-0.2, -0.15) is 0 Å². The highest BCUT2D eigenvalue weighted by molar-refractivity contribution is 9.10. The Kier molecular flexibility index (Phi) is 7.47. The lowest BCUT2D eigenvalue weighted by Crippen LogP contribution is -2.18. The van der Waals surface area contributed by atoms with Crippen molar-refractivity contribution in [3.63, 3.8) is 0 Å². The molecule has 0 saturated carbocycles. The summed E-state index contributed by atoms with van der Waals surface area (Å²) >= 11 is 3.42. The first kappa shape index (κ1) is 15.9. The number of nitrogens with one attached hydrogen (secondary N) is 1. The Morgan fingerprint density at radius 1 is 1.37 bits per heavy atom. The zero-order valence-corrected chi connectivity index (χ0v) is 12.7. The summed E-state index contributed by atoms with van der Waals surface area (Å²) in [5.41, 5.74) is 0.995. The molecule has 0 aliphatic heterocycles. The molecule has 0 fully saturated rings. The number of hydrogen-bond donors (Lipinski definition) is 1. The first-order chi connectivity index (χ1) is 9.13. The van der Waals surface area contributed by atoms with Crippen LogP contribution in [0.3, 0.4) is 0 Å². The van der Waals surface area contributed by atoms with Gasteiger partial charge in [0.25, 0.3) is 0 Å². The van der Waals surface area contributed by atoms with Gasteiger partial charge in [-0.3, -0.25) is 4.79 Å². The zero-order valence-electron chi connectivity index (χ0n) is 11.1. The molecule has 0 aromatic heterocycles. The Balaban J connectivity index is 2.41. The number of carbonyl (C=O) groups is 1. The van der Waals surface area contributed by atoms with Crippen LogP contribution in [0.4, 0.5) is 0 Å². The van der Waals surface area contributed by atoms with Gasteiger partial charge in [0.05, 0.1) is 17.7 Å². The molecule has 0 unspecified atom stereocenters. The van der Waals surface area contributed by atoms with Crippen molar-refractivity contribution in [2.75, 3.05) is 27.1 Å². The second kappa shape index (κ2) is 8.90. The molecule has 0 atom stereocenters. The van der Waals surface area contributed by atoms with E-state index in [0.717, 1.165) is 10.0 Å². The highest BCUT2D eigenvalue weighted by Gasteiger charge is 2.03. The molecule has 6 heteroatoms. The molecular weight excluding hydrogens is 314 g/mol. The predicted octanol–water partition coefficient (Wildman–Crippen LogP) is 2.08. The molecule has 19 heavy (non-hydrogen) atoms.